The predicted octanol–water partition coefficient (Wildman–Crippen LogP) is 3.28. The topological polar surface area (TPSA) is 35.5 Å². The van der Waals surface area contributed by atoms with Gasteiger partial charge >= 0.3 is 0 Å². The van der Waals surface area contributed by atoms with Crippen LogP contribution in [0, 0.1) is 0 Å². The van der Waals surface area contributed by atoms with Gasteiger partial charge in [-0.05, 0) is 43.9 Å². The van der Waals surface area contributed by atoms with Crippen molar-refractivity contribution in [3.8, 4) is 5.75 Å². The summed E-state index contributed by atoms with van der Waals surface area (Å²) in [4.78, 5) is 2.64. The van der Waals surface area contributed by atoms with E-state index in [9.17, 15) is 5.11 Å². The number of phenolic OH excluding ortho intramolecular Hbond substituents is 1. The van der Waals surface area contributed by atoms with Crippen LogP contribution in [0.15, 0.2) is 24.3 Å². The molecular formula is C18H28N2O. The van der Waals surface area contributed by atoms with Gasteiger partial charge < -0.3 is 10.4 Å². The Hall–Kier alpha value is -1.06. The molecule has 1 aliphatic heterocycles. The summed E-state index contributed by atoms with van der Waals surface area (Å²) in [7, 11) is 0. The van der Waals surface area contributed by atoms with Crippen molar-refractivity contribution in [1.82, 2.24) is 10.2 Å². The Kier molecular flexibility index (Phi) is 3.98. The highest BCUT2D eigenvalue weighted by Crippen LogP contribution is 2.37. The van der Waals surface area contributed by atoms with Crippen LogP contribution in [0.1, 0.15) is 51.5 Å². The molecule has 0 radical (unpaired) electrons. The molecule has 1 heterocycles. The summed E-state index contributed by atoms with van der Waals surface area (Å²) in [5.41, 5.74) is 1.76. The molecule has 1 saturated carbocycles. The standard InChI is InChI=1S/C18H28N2O/c1-3-17(2)13-19-18(9-4-5-10-18)14-20(17)12-15-7-6-8-16(21)11-15/h6-8,11,19,21H,3-5,9-10,12-14H2,1-2H3. The third-order valence-electron chi connectivity index (χ3n) is 5.71. The summed E-state index contributed by atoms with van der Waals surface area (Å²) in [5, 5.41) is 13.6. The molecule has 1 aromatic carbocycles. The van der Waals surface area contributed by atoms with Gasteiger partial charge in [0.2, 0.25) is 0 Å². The Balaban J connectivity index is 1.80. The molecule has 0 amide bonds. The van der Waals surface area contributed by atoms with Crippen LogP contribution < -0.4 is 5.32 Å². The molecule has 1 aliphatic carbocycles. The van der Waals surface area contributed by atoms with Gasteiger partial charge in [-0.25, -0.2) is 0 Å². The van der Waals surface area contributed by atoms with Crippen molar-refractivity contribution in [2.45, 2.75) is 63.6 Å². The number of hydrogen-bond acceptors (Lipinski definition) is 3. The first-order chi connectivity index (χ1) is 10.1. The normalized spacial score (nSPS) is 29.0. The maximum Gasteiger partial charge on any atom is 0.115 e. The molecule has 2 fully saturated rings. The van der Waals surface area contributed by atoms with Crippen LogP contribution in [0.3, 0.4) is 0 Å². The number of phenols is 1. The molecule has 0 aromatic heterocycles. The molecule has 1 atom stereocenters. The summed E-state index contributed by atoms with van der Waals surface area (Å²) in [5.74, 6) is 0.372. The van der Waals surface area contributed by atoms with Crippen LogP contribution in [0.2, 0.25) is 0 Å². The smallest absolute Gasteiger partial charge is 0.115 e. The van der Waals surface area contributed by atoms with E-state index in [-0.39, 0.29) is 5.54 Å². The number of benzene rings is 1. The zero-order valence-electron chi connectivity index (χ0n) is 13.4. The summed E-state index contributed by atoms with van der Waals surface area (Å²) in [6.45, 7) is 7.78. The van der Waals surface area contributed by atoms with Gasteiger partial charge in [0.15, 0.2) is 0 Å². The van der Waals surface area contributed by atoms with E-state index in [1.54, 1.807) is 6.07 Å². The van der Waals surface area contributed by atoms with Gasteiger partial charge in [-0.15, -0.1) is 0 Å². The van der Waals surface area contributed by atoms with Crippen LogP contribution in [-0.4, -0.2) is 34.2 Å². The number of hydrogen-bond donors (Lipinski definition) is 2. The van der Waals surface area contributed by atoms with Crippen molar-refractivity contribution in [3.05, 3.63) is 29.8 Å². The summed E-state index contributed by atoms with van der Waals surface area (Å²) >= 11 is 0. The summed E-state index contributed by atoms with van der Waals surface area (Å²) in [6.07, 6.45) is 6.48. The first-order valence-corrected chi connectivity index (χ1v) is 8.33. The van der Waals surface area contributed by atoms with Gasteiger partial charge in [0.1, 0.15) is 5.75 Å². The molecule has 21 heavy (non-hydrogen) atoms. The number of nitrogens with zero attached hydrogens (tertiary/aromatic N) is 1. The van der Waals surface area contributed by atoms with E-state index < -0.39 is 0 Å². The minimum Gasteiger partial charge on any atom is -0.508 e. The van der Waals surface area contributed by atoms with Crippen molar-refractivity contribution in [1.29, 1.82) is 0 Å². The second kappa shape index (κ2) is 5.62. The minimum atomic E-state index is 0.208. The van der Waals surface area contributed by atoms with Crippen LogP contribution in [0.5, 0.6) is 5.75 Å². The van der Waals surface area contributed by atoms with E-state index in [1.165, 1.54) is 31.2 Å². The Morgan fingerprint density at radius 3 is 2.71 bits per heavy atom. The molecule has 1 aromatic rings. The van der Waals surface area contributed by atoms with Crippen molar-refractivity contribution in [3.63, 3.8) is 0 Å². The first kappa shape index (κ1) is 14.9. The first-order valence-electron chi connectivity index (χ1n) is 8.33. The fourth-order valence-corrected chi connectivity index (χ4v) is 3.96. The van der Waals surface area contributed by atoms with E-state index >= 15 is 0 Å². The molecular weight excluding hydrogens is 260 g/mol. The molecule has 3 nitrogen and oxygen atoms in total. The lowest BCUT2D eigenvalue weighted by atomic mass is 9.84. The van der Waals surface area contributed by atoms with Gasteiger partial charge in [0.05, 0.1) is 0 Å². The second-order valence-corrected chi connectivity index (χ2v) is 7.22. The van der Waals surface area contributed by atoms with Gasteiger partial charge in [-0.3, -0.25) is 4.90 Å². The average molecular weight is 288 g/mol. The fourth-order valence-electron chi connectivity index (χ4n) is 3.96. The maximum absolute atomic E-state index is 9.70. The molecule has 1 spiro atoms. The molecule has 0 bridgehead atoms. The molecule has 3 heteroatoms. The quantitative estimate of drug-likeness (QED) is 0.896. The van der Waals surface area contributed by atoms with Gasteiger partial charge in [0, 0.05) is 30.7 Å². The molecule has 1 unspecified atom stereocenters. The van der Waals surface area contributed by atoms with E-state index in [0.717, 1.165) is 26.1 Å². The zero-order valence-corrected chi connectivity index (χ0v) is 13.4. The van der Waals surface area contributed by atoms with Crippen molar-refractivity contribution < 1.29 is 5.11 Å². The maximum atomic E-state index is 9.70. The second-order valence-electron chi connectivity index (χ2n) is 7.22. The van der Waals surface area contributed by atoms with Gasteiger partial charge in [-0.1, -0.05) is 31.9 Å². The Morgan fingerprint density at radius 2 is 2.05 bits per heavy atom. The summed E-state index contributed by atoms with van der Waals surface area (Å²) in [6, 6.07) is 7.72. The van der Waals surface area contributed by atoms with Crippen molar-refractivity contribution >= 4 is 0 Å². The van der Waals surface area contributed by atoms with Crippen molar-refractivity contribution in [2.75, 3.05) is 13.1 Å². The molecule has 3 rings (SSSR count). The van der Waals surface area contributed by atoms with Crippen LogP contribution in [0.4, 0.5) is 0 Å². The number of piperazine rings is 1. The van der Waals surface area contributed by atoms with Crippen molar-refractivity contribution in [2.24, 2.45) is 0 Å². The van der Waals surface area contributed by atoms with E-state index in [1.807, 2.05) is 12.1 Å². The third-order valence-corrected chi connectivity index (χ3v) is 5.71. The van der Waals surface area contributed by atoms with Crippen LogP contribution in [-0.2, 0) is 6.54 Å². The highest BCUT2D eigenvalue weighted by atomic mass is 16.3. The van der Waals surface area contributed by atoms with Gasteiger partial charge in [0.25, 0.3) is 0 Å². The van der Waals surface area contributed by atoms with Gasteiger partial charge in [-0.2, -0.15) is 0 Å². The Labute approximate surface area is 128 Å². The fraction of sp³-hybridized carbons (Fsp3) is 0.667. The number of aromatic hydroxyl groups is 1. The highest BCUT2D eigenvalue weighted by molar-refractivity contribution is 5.27. The zero-order chi connectivity index (χ0) is 14.9. The molecule has 116 valence electrons. The third kappa shape index (κ3) is 2.95. The van der Waals surface area contributed by atoms with E-state index in [2.05, 4.69) is 30.1 Å². The Morgan fingerprint density at radius 1 is 1.29 bits per heavy atom. The summed E-state index contributed by atoms with van der Waals surface area (Å²) < 4.78 is 0. The molecule has 1 saturated heterocycles. The molecule has 2 aliphatic rings. The van der Waals surface area contributed by atoms with Crippen LogP contribution >= 0.6 is 0 Å². The largest absolute Gasteiger partial charge is 0.508 e. The average Bonchev–Trinajstić information content (AvgIpc) is 2.92. The lowest BCUT2D eigenvalue weighted by Gasteiger charge is -2.52. The predicted molar refractivity (Wildman–Crippen MR) is 86.4 cm³/mol. The SMILES string of the molecule is CCC1(C)CNC2(CCCC2)CN1Cc1cccc(O)c1. The Bertz CT molecular complexity index is 496. The number of rotatable bonds is 3. The minimum absolute atomic E-state index is 0.208. The monoisotopic (exact) mass is 288 g/mol. The van der Waals surface area contributed by atoms with E-state index in [4.69, 9.17) is 0 Å². The van der Waals surface area contributed by atoms with Crippen LogP contribution in [0.25, 0.3) is 0 Å². The highest BCUT2D eigenvalue weighted by Gasteiger charge is 2.45. The van der Waals surface area contributed by atoms with E-state index in [0.29, 0.717) is 11.3 Å². The molecule has 2 N–H and O–H groups in total. The lowest BCUT2D eigenvalue weighted by molar-refractivity contribution is 0.00775. The lowest BCUT2D eigenvalue weighted by Crippen LogP contribution is -2.67. The number of nitrogens with one attached hydrogen (secondary N) is 1.